The van der Waals surface area contributed by atoms with E-state index in [1.54, 1.807) is 24.9 Å². The van der Waals surface area contributed by atoms with E-state index in [0.29, 0.717) is 0 Å². The fourth-order valence-electron chi connectivity index (χ4n) is 1.71. The molecule has 6 heteroatoms. The van der Waals surface area contributed by atoms with Gasteiger partial charge in [0.1, 0.15) is 6.33 Å². The molecule has 3 aromatic rings. The van der Waals surface area contributed by atoms with Gasteiger partial charge in [0.25, 0.3) is 0 Å². The number of carbonyl (C=O) groups is 1. The molecule has 1 aromatic carbocycles. The molecule has 1 amide bonds. The van der Waals surface area contributed by atoms with Crippen LogP contribution in [0.3, 0.4) is 0 Å². The maximum atomic E-state index is 11.8. The molecule has 0 unspecified atom stereocenters. The Bertz CT molecular complexity index is 656. The van der Waals surface area contributed by atoms with Gasteiger partial charge in [-0.25, -0.2) is 14.8 Å². The molecule has 3 rings (SSSR count). The molecule has 0 bridgehead atoms. The summed E-state index contributed by atoms with van der Waals surface area (Å²) in [6, 6.07) is 7.26. The SMILES string of the molecule is O=C(Nc1ccc(-c2cnc[nH]2)cc1)n1ccnc1. The lowest BCUT2D eigenvalue weighted by Crippen LogP contribution is -2.17. The summed E-state index contributed by atoms with van der Waals surface area (Å²) >= 11 is 0. The fourth-order valence-corrected chi connectivity index (χ4v) is 1.71. The van der Waals surface area contributed by atoms with Gasteiger partial charge in [0.2, 0.25) is 0 Å². The van der Waals surface area contributed by atoms with Crippen molar-refractivity contribution in [2.75, 3.05) is 5.32 Å². The van der Waals surface area contributed by atoms with Gasteiger partial charge in [-0.05, 0) is 17.7 Å². The molecule has 0 atom stereocenters. The number of rotatable bonds is 2. The summed E-state index contributed by atoms with van der Waals surface area (Å²) in [5.41, 5.74) is 2.67. The largest absolute Gasteiger partial charge is 0.345 e. The number of nitrogens with zero attached hydrogens (tertiary/aromatic N) is 3. The Hall–Kier alpha value is -2.89. The summed E-state index contributed by atoms with van der Waals surface area (Å²) in [5.74, 6) is 0. The average Bonchev–Trinajstić information content (AvgIpc) is 3.13. The first-order chi connectivity index (χ1) is 9.33. The van der Waals surface area contributed by atoms with Gasteiger partial charge in [-0.15, -0.1) is 0 Å². The monoisotopic (exact) mass is 253 g/mol. The van der Waals surface area contributed by atoms with Gasteiger partial charge >= 0.3 is 6.03 Å². The van der Waals surface area contributed by atoms with Crippen molar-refractivity contribution in [3.8, 4) is 11.3 Å². The molecule has 6 nitrogen and oxygen atoms in total. The van der Waals surface area contributed by atoms with Crippen molar-refractivity contribution >= 4 is 11.7 Å². The van der Waals surface area contributed by atoms with Crippen LogP contribution in [0.4, 0.5) is 10.5 Å². The lowest BCUT2D eigenvalue weighted by molar-refractivity contribution is 0.253. The molecule has 19 heavy (non-hydrogen) atoms. The normalized spacial score (nSPS) is 10.3. The Morgan fingerprint density at radius 1 is 1.21 bits per heavy atom. The predicted octanol–water partition coefficient (Wildman–Crippen LogP) is 2.35. The first-order valence-corrected chi connectivity index (χ1v) is 5.71. The predicted molar refractivity (Wildman–Crippen MR) is 70.7 cm³/mol. The lowest BCUT2D eigenvalue weighted by Gasteiger charge is -2.05. The Labute approximate surface area is 109 Å². The molecule has 0 aliphatic carbocycles. The van der Waals surface area contributed by atoms with Crippen LogP contribution in [0.15, 0.2) is 55.5 Å². The van der Waals surface area contributed by atoms with Crippen LogP contribution in [0.1, 0.15) is 0 Å². The molecule has 0 saturated carbocycles. The second-order valence-electron chi connectivity index (χ2n) is 3.94. The van der Waals surface area contributed by atoms with Crippen molar-refractivity contribution in [2.24, 2.45) is 0 Å². The van der Waals surface area contributed by atoms with Gasteiger partial charge in [-0.1, -0.05) is 12.1 Å². The maximum absolute atomic E-state index is 11.8. The number of aromatic amines is 1. The van der Waals surface area contributed by atoms with Crippen LogP contribution in [0.5, 0.6) is 0 Å². The van der Waals surface area contributed by atoms with E-state index in [2.05, 4.69) is 20.3 Å². The lowest BCUT2D eigenvalue weighted by atomic mass is 10.1. The molecule has 0 saturated heterocycles. The van der Waals surface area contributed by atoms with Crippen LogP contribution in [-0.2, 0) is 0 Å². The topological polar surface area (TPSA) is 75.6 Å². The standard InChI is InChI=1S/C13H11N5O/c19-13(18-6-5-14-9-18)17-11-3-1-10(2-4-11)12-7-15-8-16-12/h1-9H,(H,15,16)(H,17,19). The summed E-state index contributed by atoms with van der Waals surface area (Å²) in [4.78, 5) is 22.6. The number of hydrogen-bond donors (Lipinski definition) is 2. The number of amides is 1. The van der Waals surface area contributed by atoms with E-state index in [9.17, 15) is 4.79 Å². The number of anilines is 1. The van der Waals surface area contributed by atoms with E-state index in [4.69, 9.17) is 0 Å². The Balaban J connectivity index is 1.75. The van der Waals surface area contributed by atoms with E-state index >= 15 is 0 Å². The van der Waals surface area contributed by atoms with E-state index < -0.39 is 0 Å². The Morgan fingerprint density at radius 2 is 2.05 bits per heavy atom. The first kappa shape index (κ1) is 11.2. The van der Waals surface area contributed by atoms with Gasteiger partial charge in [0, 0.05) is 18.1 Å². The zero-order valence-corrected chi connectivity index (χ0v) is 9.95. The summed E-state index contributed by atoms with van der Waals surface area (Å²) in [6.07, 6.45) is 7.98. The summed E-state index contributed by atoms with van der Waals surface area (Å²) in [6.45, 7) is 0. The number of H-pyrrole nitrogens is 1. The van der Waals surface area contributed by atoms with Gasteiger partial charge < -0.3 is 10.3 Å². The van der Waals surface area contributed by atoms with Gasteiger partial charge in [0.15, 0.2) is 0 Å². The van der Waals surface area contributed by atoms with E-state index in [1.807, 2.05) is 24.3 Å². The number of benzene rings is 1. The molecule has 94 valence electrons. The highest BCUT2D eigenvalue weighted by Crippen LogP contribution is 2.18. The van der Waals surface area contributed by atoms with Crippen LogP contribution in [-0.4, -0.2) is 25.6 Å². The molecule has 0 aliphatic rings. The number of imidazole rings is 2. The molecule has 0 aliphatic heterocycles. The number of carbonyl (C=O) groups excluding carboxylic acids is 1. The van der Waals surface area contributed by atoms with E-state index in [0.717, 1.165) is 16.9 Å². The van der Waals surface area contributed by atoms with Crippen LogP contribution >= 0.6 is 0 Å². The zero-order valence-electron chi connectivity index (χ0n) is 9.95. The number of hydrogen-bond acceptors (Lipinski definition) is 3. The highest BCUT2D eigenvalue weighted by Gasteiger charge is 2.04. The molecule has 2 aromatic heterocycles. The Kier molecular flexibility index (Phi) is 2.82. The Morgan fingerprint density at radius 3 is 2.68 bits per heavy atom. The zero-order chi connectivity index (χ0) is 13.1. The van der Waals surface area contributed by atoms with Crippen LogP contribution in [0, 0.1) is 0 Å². The van der Waals surface area contributed by atoms with Crippen molar-refractivity contribution in [3.05, 3.63) is 55.5 Å². The average molecular weight is 253 g/mol. The van der Waals surface area contributed by atoms with E-state index in [-0.39, 0.29) is 6.03 Å². The van der Waals surface area contributed by atoms with Crippen LogP contribution in [0.25, 0.3) is 11.3 Å². The smallest absolute Gasteiger partial charge is 0.331 e. The molecule has 0 radical (unpaired) electrons. The van der Waals surface area contributed by atoms with E-state index in [1.165, 1.54) is 10.9 Å². The fraction of sp³-hybridized carbons (Fsp3) is 0. The minimum Gasteiger partial charge on any atom is -0.345 e. The molecule has 2 heterocycles. The number of aromatic nitrogens is 4. The van der Waals surface area contributed by atoms with Crippen molar-refractivity contribution in [1.82, 2.24) is 19.5 Å². The molecule has 0 fully saturated rings. The molecule has 2 N–H and O–H groups in total. The van der Waals surface area contributed by atoms with Gasteiger partial charge in [0.05, 0.1) is 18.2 Å². The minimum atomic E-state index is -0.244. The summed E-state index contributed by atoms with van der Waals surface area (Å²) in [7, 11) is 0. The van der Waals surface area contributed by atoms with Crippen molar-refractivity contribution in [1.29, 1.82) is 0 Å². The molecular formula is C13H11N5O. The quantitative estimate of drug-likeness (QED) is 0.736. The van der Waals surface area contributed by atoms with Gasteiger partial charge in [-0.2, -0.15) is 0 Å². The highest BCUT2D eigenvalue weighted by atomic mass is 16.2. The van der Waals surface area contributed by atoms with Gasteiger partial charge in [-0.3, -0.25) is 4.57 Å². The third-order valence-electron chi connectivity index (χ3n) is 2.68. The summed E-state index contributed by atoms with van der Waals surface area (Å²) < 4.78 is 1.38. The third kappa shape index (κ3) is 2.37. The first-order valence-electron chi connectivity index (χ1n) is 5.71. The van der Waals surface area contributed by atoms with Crippen LogP contribution < -0.4 is 5.32 Å². The third-order valence-corrected chi connectivity index (χ3v) is 2.68. The van der Waals surface area contributed by atoms with Crippen molar-refractivity contribution < 1.29 is 4.79 Å². The highest BCUT2D eigenvalue weighted by molar-refractivity contribution is 5.91. The summed E-state index contributed by atoms with van der Waals surface area (Å²) in [5, 5.41) is 2.78. The van der Waals surface area contributed by atoms with Crippen molar-refractivity contribution in [3.63, 3.8) is 0 Å². The second-order valence-corrected chi connectivity index (χ2v) is 3.94. The maximum Gasteiger partial charge on any atom is 0.331 e. The molecular weight excluding hydrogens is 242 g/mol. The molecule has 0 spiro atoms. The number of nitrogens with one attached hydrogen (secondary N) is 2. The minimum absolute atomic E-state index is 0.244. The second kappa shape index (κ2) is 4.77. The van der Waals surface area contributed by atoms with Crippen molar-refractivity contribution in [2.45, 2.75) is 0 Å². The van der Waals surface area contributed by atoms with Crippen LogP contribution in [0.2, 0.25) is 0 Å².